The molecule has 0 fully saturated rings. The summed E-state index contributed by atoms with van der Waals surface area (Å²) in [5, 5.41) is 26.7. The fourth-order valence-electron chi connectivity index (χ4n) is 1.01. The molecule has 67 valence electrons. The summed E-state index contributed by atoms with van der Waals surface area (Å²) in [4.78, 5) is 0. The van der Waals surface area contributed by atoms with E-state index in [-0.39, 0.29) is 12.5 Å². The van der Waals surface area contributed by atoms with Gasteiger partial charge in [0, 0.05) is 6.61 Å². The fraction of sp³-hybridized carbons (Fsp3) is 0.875. The normalized spacial score (nSPS) is 19.4. The van der Waals surface area contributed by atoms with Crippen LogP contribution in [-0.4, -0.2) is 34.1 Å². The van der Waals surface area contributed by atoms with Gasteiger partial charge in [-0.2, -0.15) is 0 Å². The van der Waals surface area contributed by atoms with Crippen LogP contribution in [0.1, 0.15) is 20.3 Å². The molecule has 0 aromatic rings. The Bertz CT molecular complexity index is 91.3. The third-order valence-corrected chi connectivity index (χ3v) is 1.61. The van der Waals surface area contributed by atoms with E-state index in [2.05, 4.69) is 0 Å². The van der Waals surface area contributed by atoms with Gasteiger partial charge in [-0.1, -0.05) is 0 Å². The lowest BCUT2D eigenvalue weighted by molar-refractivity contribution is 0.101. The first kappa shape index (κ1) is 10.9. The molecular formula is C8H17O3. The van der Waals surface area contributed by atoms with Crippen molar-refractivity contribution in [1.82, 2.24) is 0 Å². The van der Waals surface area contributed by atoms with Crippen molar-refractivity contribution in [3.05, 3.63) is 6.42 Å². The largest absolute Gasteiger partial charge is 0.396 e. The molecule has 11 heavy (non-hydrogen) atoms. The minimum absolute atomic E-state index is 0.0405. The molecule has 0 aromatic carbocycles. The van der Waals surface area contributed by atoms with E-state index in [0.29, 0.717) is 6.42 Å². The molecule has 3 N–H and O–H groups in total. The Morgan fingerprint density at radius 2 is 1.82 bits per heavy atom. The van der Waals surface area contributed by atoms with E-state index in [1.54, 1.807) is 20.3 Å². The maximum atomic E-state index is 9.14. The van der Waals surface area contributed by atoms with Gasteiger partial charge < -0.3 is 15.3 Å². The quantitative estimate of drug-likeness (QED) is 0.530. The summed E-state index contributed by atoms with van der Waals surface area (Å²) in [5.74, 6) is -0.111. The summed E-state index contributed by atoms with van der Waals surface area (Å²) in [6.45, 7) is 3.32. The van der Waals surface area contributed by atoms with E-state index in [4.69, 9.17) is 15.3 Å². The van der Waals surface area contributed by atoms with E-state index >= 15 is 0 Å². The molecule has 0 spiro atoms. The monoisotopic (exact) mass is 161 g/mol. The van der Waals surface area contributed by atoms with Gasteiger partial charge in [0.1, 0.15) is 0 Å². The fourth-order valence-corrected chi connectivity index (χ4v) is 1.01. The lowest BCUT2D eigenvalue weighted by Crippen LogP contribution is -2.23. The van der Waals surface area contributed by atoms with Crippen molar-refractivity contribution < 1.29 is 15.3 Å². The summed E-state index contributed by atoms with van der Waals surface area (Å²) >= 11 is 0. The number of hydrogen-bond donors (Lipinski definition) is 3. The molecule has 3 atom stereocenters. The van der Waals surface area contributed by atoms with Crippen molar-refractivity contribution in [1.29, 1.82) is 0 Å². The van der Waals surface area contributed by atoms with Crippen LogP contribution in [-0.2, 0) is 0 Å². The van der Waals surface area contributed by atoms with Crippen LogP contribution in [0.25, 0.3) is 0 Å². The van der Waals surface area contributed by atoms with Crippen LogP contribution >= 0.6 is 0 Å². The average Bonchev–Trinajstić information content (AvgIpc) is 1.86. The van der Waals surface area contributed by atoms with Crippen molar-refractivity contribution in [3.63, 3.8) is 0 Å². The maximum Gasteiger partial charge on any atom is 0.0547 e. The highest BCUT2D eigenvalue weighted by atomic mass is 16.3. The summed E-state index contributed by atoms with van der Waals surface area (Å²) in [6, 6.07) is 0. The van der Waals surface area contributed by atoms with Gasteiger partial charge >= 0.3 is 0 Å². The lowest BCUT2D eigenvalue weighted by atomic mass is 9.94. The zero-order chi connectivity index (χ0) is 8.85. The van der Waals surface area contributed by atoms with E-state index in [1.807, 2.05) is 0 Å². The zero-order valence-electron chi connectivity index (χ0n) is 7.07. The average molecular weight is 161 g/mol. The third-order valence-electron chi connectivity index (χ3n) is 1.61. The smallest absolute Gasteiger partial charge is 0.0547 e. The Hall–Kier alpha value is -0.120. The maximum absolute atomic E-state index is 9.14. The molecule has 0 rings (SSSR count). The van der Waals surface area contributed by atoms with Crippen LogP contribution in [0.5, 0.6) is 0 Å². The van der Waals surface area contributed by atoms with Crippen molar-refractivity contribution in [2.75, 3.05) is 6.61 Å². The van der Waals surface area contributed by atoms with E-state index in [9.17, 15) is 0 Å². The molecule has 0 saturated carbocycles. The van der Waals surface area contributed by atoms with Gasteiger partial charge in [-0.15, -0.1) is 0 Å². The second kappa shape index (κ2) is 5.52. The minimum atomic E-state index is -0.527. The van der Waals surface area contributed by atoms with Crippen molar-refractivity contribution >= 4 is 0 Å². The lowest BCUT2D eigenvalue weighted by Gasteiger charge is -2.19. The SMILES string of the molecule is CC(O)[CH]C(CCO)C(C)O. The predicted molar refractivity (Wildman–Crippen MR) is 42.9 cm³/mol. The van der Waals surface area contributed by atoms with Gasteiger partial charge in [0.05, 0.1) is 12.2 Å². The van der Waals surface area contributed by atoms with E-state index in [1.165, 1.54) is 0 Å². The first-order valence-electron chi connectivity index (χ1n) is 3.90. The molecule has 3 heteroatoms. The molecular weight excluding hydrogens is 144 g/mol. The molecule has 1 radical (unpaired) electrons. The Morgan fingerprint density at radius 1 is 1.27 bits per heavy atom. The topological polar surface area (TPSA) is 60.7 Å². The van der Waals surface area contributed by atoms with Crippen molar-refractivity contribution in [2.24, 2.45) is 5.92 Å². The Morgan fingerprint density at radius 3 is 2.09 bits per heavy atom. The van der Waals surface area contributed by atoms with Gasteiger partial charge in [0.15, 0.2) is 0 Å². The van der Waals surface area contributed by atoms with Crippen LogP contribution in [0.15, 0.2) is 0 Å². The second-order valence-corrected chi connectivity index (χ2v) is 2.85. The van der Waals surface area contributed by atoms with Gasteiger partial charge in [0.25, 0.3) is 0 Å². The molecule has 3 unspecified atom stereocenters. The van der Waals surface area contributed by atoms with Crippen molar-refractivity contribution in [2.45, 2.75) is 32.5 Å². The summed E-state index contributed by atoms with van der Waals surface area (Å²) in [6.07, 6.45) is 1.11. The van der Waals surface area contributed by atoms with Gasteiger partial charge in [-0.25, -0.2) is 0 Å². The first-order chi connectivity index (χ1) is 5.07. The zero-order valence-corrected chi connectivity index (χ0v) is 7.07. The van der Waals surface area contributed by atoms with Crippen LogP contribution in [0, 0.1) is 12.3 Å². The predicted octanol–water partition coefficient (Wildman–Crippen LogP) is -0.0491. The minimum Gasteiger partial charge on any atom is -0.396 e. The van der Waals surface area contributed by atoms with Crippen LogP contribution in [0.4, 0.5) is 0 Å². The first-order valence-corrected chi connectivity index (χ1v) is 3.90. The van der Waals surface area contributed by atoms with Gasteiger partial charge in [-0.05, 0) is 32.6 Å². The molecule has 0 aliphatic carbocycles. The number of aliphatic hydroxyl groups excluding tert-OH is 3. The molecule has 0 amide bonds. The molecule has 0 aliphatic heterocycles. The summed E-state index contributed by atoms with van der Waals surface area (Å²) in [7, 11) is 0. The van der Waals surface area contributed by atoms with Crippen LogP contribution < -0.4 is 0 Å². The number of aliphatic hydroxyl groups is 3. The van der Waals surface area contributed by atoms with Crippen molar-refractivity contribution in [3.8, 4) is 0 Å². The molecule has 0 saturated heterocycles. The molecule has 3 nitrogen and oxygen atoms in total. The highest BCUT2D eigenvalue weighted by Gasteiger charge is 2.16. The molecule has 0 heterocycles. The Balaban J connectivity index is 3.69. The second-order valence-electron chi connectivity index (χ2n) is 2.85. The highest BCUT2D eigenvalue weighted by molar-refractivity contribution is 4.84. The highest BCUT2D eigenvalue weighted by Crippen LogP contribution is 2.14. The standard InChI is InChI=1S/C8H17O3/c1-6(10)5-8(3-4-9)7(2)11/h5-11H,3-4H2,1-2H3. The van der Waals surface area contributed by atoms with Crippen LogP contribution in [0.3, 0.4) is 0 Å². The van der Waals surface area contributed by atoms with Gasteiger partial charge in [0.2, 0.25) is 0 Å². The summed E-state index contributed by atoms with van der Waals surface area (Å²) in [5.41, 5.74) is 0. The summed E-state index contributed by atoms with van der Waals surface area (Å²) < 4.78 is 0. The van der Waals surface area contributed by atoms with E-state index in [0.717, 1.165) is 0 Å². The van der Waals surface area contributed by atoms with Gasteiger partial charge in [-0.3, -0.25) is 0 Å². The Kier molecular flexibility index (Phi) is 5.46. The third kappa shape index (κ3) is 5.18. The van der Waals surface area contributed by atoms with E-state index < -0.39 is 12.2 Å². The molecule has 0 aliphatic rings. The Labute approximate surface area is 67.7 Å². The molecule has 0 aromatic heterocycles. The van der Waals surface area contributed by atoms with Crippen LogP contribution in [0.2, 0.25) is 0 Å². The molecule has 0 bridgehead atoms. The number of rotatable bonds is 5. The number of hydrogen-bond acceptors (Lipinski definition) is 3.